The Morgan fingerprint density at radius 1 is 1.40 bits per heavy atom. The Morgan fingerprint density at radius 3 is 1.90 bits per heavy atom. The minimum atomic E-state index is -1.55. The van der Waals surface area contributed by atoms with Crippen LogP contribution in [0.25, 0.3) is 0 Å². The van der Waals surface area contributed by atoms with Crippen molar-refractivity contribution in [3.05, 3.63) is 0 Å². The highest BCUT2D eigenvalue weighted by Crippen LogP contribution is 1.87. The molecule has 10 heavy (non-hydrogen) atoms. The molecule has 0 bridgehead atoms. The molecule has 0 spiro atoms. The van der Waals surface area contributed by atoms with Crippen LogP contribution in [0.2, 0.25) is 0 Å². The standard InChI is InChI=1S/C5H8O4.ClH/c1-3(2)9-5(8)4(6)7;/h3H,1-2H3,(H,6,7);1H. The number of ether oxygens (including phenoxy) is 1. The molecule has 4 nitrogen and oxygen atoms in total. The minimum Gasteiger partial charge on any atom is -0.473 e. The van der Waals surface area contributed by atoms with Gasteiger partial charge in [0.15, 0.2) is 0 Å². The maximum absolute atomic E-state index is 10.1. The third-order valence-corrected chi connectivity index (χ3v) is 0.517. The first kappa shape index (κ1) is 12.0. The van der Waals surface area contributed by atoms with E-state index in [1.165, 1.54) is 0 Å². The van der Waals surface area contributed by atoms with E-state index in [1.807, 2.05) is 0 Å². The Bertz CT molecular complexity index is 132. The van der Waals surface area contributed by atoms with Crippen molar-refractivity contribution in [2.75, 3.05) is 0 Å². The van der Waals surface area contributed by atoms with Crippen LogP contribution < -0.4 is 0 Å². The molecule has 0 aromatic rings. The average molecular weight is 169 g/mol. The number of esters is 1. The van der Waals surface area contributed by atoms with E-state index in [0.29, 0.717) is 0 Å². The predicted octanol–water partition coefficient (Wildman–Crippen LogP) is 0.444. The molecule has 0 rings (SSSR count). The number of halogens is 1. The second kappa shape index (κ2) is 5.05. The second-order valence-corrected chi connectivity index (χ2v) is 1.76. The van der Waals surface area contributed by atoms with Crippen LogP contribution in [0, 0.1) is 0 Å². The van der Waals surface area contributed by atoms with Gasteiger partial charge in [-0.3, -0.25) is 0 Å². The maximum Gasteiger partial charge on any atom is 0.417 e. The summed E-state index contributed by atoms with van der Waals surface area (Å²) in [5.74, 6) is -2.76. The summed E-state index contributed by atoms with van der Waals surface area (Å²) in [5.41, 5.74) is 0. The summed E-state index contributed by atoms with van der Waals surface area (Å²) >= 11 is 0. The lowest BCUT2D eigenvalue weighted by Gasteiger charge is -2.02. The van der Waals surface area contributed by atoms with Crippen molar-refractivity contribution in [3.8, 4) is 0 Å². The third kappa shape index (κ3) is 5.37. The lowest BCUT2D eigenvalue weighted by Crippen LogP contribution is -2.19. The third-order valence-electron chi connectivity index (χ3n) is 0.517. The Morgan fingerprint density at radius 2 is 1.80 bits per heavy atom. The molecular formula is C5H9ClO4. The largest absolute Gasteiger partial charge is 0.473 e. The van der Waals surface area contributed by atoms with Crippen LogP contribution in [-0.4, -0.2) is 23.1 Å². The summed E-state index contributed by atoms with van der Waals surface area (Å²) in [5, 5.41) is 7.96. The molecule has 0 aromatic heterocycles. The fourth-order valence-electron chi connectivity index (χ4n) is 0.264. The Balaban J connectivity index is 0. The quantitative estimate of drug-likeness (QED) is 0.456. The minimum absolute atomic E-state index is 0. The van der Waals surface area contributed by atoms with Crippen LogP contribution >= 0.6 is 12.4 Å². The van der Waals surface area contributed by atoms with Gasteiger partial charge in [0.2, 0.25) is 0 Å². The predicted molar refractivity (Wildman–Crippen MR) is 36.1 cm³/mol. The van der Waals surface area contributed by atoms with Gasteiger partial charge in [-0.25, -0.2) is 9.59 Å². The highest BCUT2D eigenvalue weighted by Gasteiger charge is 2.13. The van der Waals surface area contributed by atoms with Gasteiger partial charge in [0.1, 0.15) is 0 Å². The number of hydrogen-bond acceptors (Lipinski definition) is 3. The van der Waals surface area contributed by atoms with E-state index in [0.717, 1.165) is 0 Å². The second-order valence-electron chi connectivity index (χ2n) is 1.76. The number of carboxylic acid groups (broad SMARTS) is 1. The van der Waals surface area contributed by atoms with Gasteiger partial charge < -0.3 is 9.84 Å². The summed E-state index contributed by atoms with van der Waals surface area (Å²) in [4.78, 5) is 19.9. The molecule has 0 amide bonds. The van der Waals surface area contributed by atoms with Crippen molar-refractivity contribution in [1.82, 2.24) is 0 Å². The van der Waals surface area contributed by atoms with Crippen molar-refractivity contribution in [1.29, 1.82) is 0 Å². The van der Waals surface area contributed by atoms with Crippen molar-refractivity contribution in [2.24, 2.45) is 0 Å². The van der Waals surface area contributed by atoms with E-state index in [1.54, 1.807) is 13.8 Å². The SMILES string of the molecule is CC(C)OC(=O)C(=O)O.Cl. The molecule has 0 heterocycles. The summed E-state index contributed by atoms with van der Waals surface area (Å²) < 4.78 is 4.27. The molecule has 5 heteroatoms. The topological polar surface area (TPSA) is 63.6 Å². The first-order chi connectivity index (χ1) is 4.04. The molecule has 1 N–H and O–H groups in total. The molecule has 0 saturated carbocycles. The van der Waals surface area contributed by atoms with Gasteiger partial charge in [-0.1, -0.05) is 0 Å². The molecular weight excluding hydrogens is 160 g/mol. The van der Waals surface area contributed by atoms with E-state index < -0.39 is 11.9 Å². The van der Waals surface area contributed by atoms with Crippen molar-refractivity contribution < 1.29 is 19.4 Å². The zero-order valence-electron chi connectivity index (χ0n) is 5.66. The first-order valence-corrected chi connectivity index (χ1v) is 2.48. The monoisotopic (exact) mass is 168 g/mol. The molecule has 0 aliphatic heterocycles. The summed E-state index contributed by atoms with van der Waals surface area (Å²) in [6.07, 6.45) is -0.367. The molecule has 0 radical (unpaired) electrons. The van der Waals surface area contributed by atoms with Crippen LogP contribution in [0.4, 0.5) is 0 Å². The first-order valence-electron chi connectivity index (χ1n) is 2.48. The molecule has 0 saturated heterocycles. The van der Waals surface area contributed by atoms with Gasteiger partial charge in [0, 0.05) is 0 Å². The Kier molecular flexibility index (Phi) is 6.04. The molecule has 0 aromatic carbocycles. The van der Waals surface area contributed by atoms with Crippen LogP contribution in [0.1, 0.15) is 13.8 Å². The number of carboxylic acids is 1. The normalized spacial score (nSPS) is 8.30. The van der Waals surface area contributed by atoms with E-state index in [4.69, 9.17) is 5.11 Å². The van der Waals surface area contributed by atoms with Crippen molar-refractivity contribution in [3.63, 3.8) is 0 Å². The van der Waals surface area contributed by atoms with Crippen LogP contribution in [-0.2, 0) is 14.3 Å². The van der Waals surface area contributed by atoms with Gasteiger partial charge in [0.25, 0.3) is 0 Å². The zero-order valence-corrected chi connectivity index (χ0v) is 6.47. The summed E-state index contributed by atoms with van der Waals surface area (Å²) in [6.45, 7) is 3.17. The highest BCUT2D eigenvalue weighted by molar-refractivity contribution is 6.28. The summed E-state index contributed by atoms with van der Waals surface area (Å²) in [7, 11) is 0. The van der Waals surface area contributed by atoms with E-state index in [9.17, 15) is 9.59 Å². The number of rotatable bonds is 1. The van der Waals surface area contributed by atoms with Crippen LogP contribution in [0.3, 0.4) is 0 Å². The van der Waals surface area contributed by atoms with Crippen LogP contribution in [0.15, 0.2) is 0 Å². The lowest BCUT2D eigenvalue weighted by molar-refractivity contribution is -0.166. The Hall–Kier alpha value is -0.770. The number of carbonyl (C=O) groups is 2. The Labute approximate surface area is 64.6 Å². The van der Waals surface area contributed by atoms with Gasteiger partial charge >= 0.3 is 11.9 Å². The molecule has 60 valence electrons. The molecule has 0 aliphatic carbocycles. The maximum atomic E-state index is 10.1. The van der Waals surface area contributed by atoms with Crippen molar-refractivity contribution in [2.45, 2.75) is 20.0 Å². The zero-order chi connectivity index (χ0) is 7.44. The van der Waals surface area contributed by atoms with Gasteiger partial charge in [0.05, 0.1) is 6.10 Å². The van der Waals surface area contributed by atoms with Gasteiger partial charge in [-0.2, -0.15) is 0 Å². The van der Waals surface area contributed by atoms with Crippen LogP contribution in [0.5, 0.6) is 0 Å². The van der Waals surface area contributed by atoms with Gasteiger partial charge in [-0.05, 0) is 13.8 Å². The van der Waals surface area contributed by atoms with Crippen molar-refractivity contribution >= 4 is 24.3 Å². The lowest BCUT2D eigenvalue weighted by atomic mass is 10.5. The van der Waals surface area contributed by atoms with E-state index in [-0.39, 0.29) is 18.5 Å². The average Bonchev–Trinajstić information content (AvgIpc) is 1.63. The smallest absolute Gasteiger partial charge is 0.417 e. The highest BCUT2D eigenvalue weighted by atomic mass is 35.5. The van der Waals surface area contributed by atoms with E-state index >= 15 is 0 Å². The molecule has 0 fully saturated rings. The van der Waals surface area contributed by atoms with E-state index in [2.05, 4.69) is 4.74 Å². The number of hydrogen-bond donors (Lipinski definition) is 1. The summed E-state index contributed by atoms with van der Waals surface area (Å²) in [6, 6.07) is 0. The molecule has 0 atom stereocenters. The van der Waals surface area contributed by atoms with Gasteiger partial charge in [-0.15, -0.1) is 12.4 Å². The molecule has 0 aliphatic rings. The fourth-order valence-corrected chi connectivity index (χ4v) is 0.264. The fraction of sp³-hybridized carbons (Fsp3) is 0.600. The number of aliphatic carboxylic acids is 1. The number of carbonyl (C=O) groups excluding carboxylic acids is 1. The molecule has 0 unspecified atom stereocenters.